The van der Waals surface area contributed by atoms with Crippen LogP contribution >= 0.6 is 0 Å². The van der Waals surface area contributed by atoms with Gasteiger partial charge in [-0.1, -0.05) is 12.1 Å². The molecule has 2 amide bonds. The van der Waals surface area contributed by atoms with Gasteiger partial charge in [0.1, 0.15) is 0 Å². The Morgan fingerprint density at radius 2 is 1.96 bits per heavy atom. The number of nitrogens with zero attached hydrogens (tertiary/aromatic N) is 1. The zero-order valence-electron chi connectivity index (χ0n) is 13.5. The highest BCUT2D eigenvalue weighted by atomic mass is 16.5. The summed E-state index contributed by atoms with van der Waals surface area (Å²) in [4.78, 5) is 36.7. The van der Waals surface area contributed by atoms with Crippen molar-refractivity contribution >= 4 is 17.8 Å². The van der Waals surface area contributed by atoms with Gasteiger partial charge in [-0.2, -0.15) is 0 Å². The third-order valence-corrected chi connectivity index (χ3v) is 3.52. The summed E-state index contributed by atoms with van der Waals surface area (Å²) in [5.41, 5.74) is 1.35. The average Bonchev–Trinajstić information content (AvgIpc) is 2.90. The van der Waals surface area contributed by atoms with E-state index in [0.29, 0.717) is 18.5 Å². The molecule has 1 aromatic rings. The Kier molecular flexibility index (Phi) is 5.73. The zero-order valence-corrected chi connectivity index (χ0v) is 13.5. The largest absolute Gasteiger partial charge is 0.452 e. The summed E-state index contributed by atoms with van der Waals surface area (Å²) in [6.07, 6.45) is 1.52. The van der Waals surface area contributed by atoms with Gasteiger partial charge < -0.3 is 15.0 Å². The van der Waals surface area contributed by atoms with Crippen LogP contribution in [0.2, 0.25) is 0 Å². The van der Waals surface area contributed by atoms with Crippen molar-refractivity contribution < 1.29 is 19.1 Å². The van der Waals surface area contributed by atoms with Crippen molar-refractivity contribution in [3.05, 3.63) is 35.4 Å². The number of likely N-dealkylation sites (tertiary alicyclic amines) is 1. The van der Waals surface area contributed by atoms with E-state index in [9.17, 15) is 14.4 Å². The third kappa shape index (κ3) is 5.09. The molecule has 23 heavy (non-hydrogen) atoms. The molecule has 0 unspecified atom stereocenters. The fourth-order valence-electron chi connectivity index (χ4n) is 2.42. The summed E-state index contributed by atoms with van der Waals surface area (Å²) in [5, 5.41) is 2.65. The van der Waals surface area contributed by atoms with E-state index < -0.39 is 5.97 Å². The third-order valence-electron chi connectivity index (χ3n) is 3.52. The Balaban J connectivity index is 1.85. The van der Waals surface area contributed by atoms with Crippen LogP contribution in [0.3, 0.4) is 0 Å². The molecule has 0 aliphatic carbocycles. The van der Waals surface area contributed by atoms with E-state index in [1.165, 1.54) is 0 Å². The first-order valence-corrected chi connectivity index (χ1v) is 7.79. The number of hydrogen-bond acceptors (Lipinski definition) is 4. The first kappa shape index (κ1) is 17.0. The van der Waals surface area contributed by atoms with Crippen LogP contribution in [-0.4, -0.2) is 41.9 Å². The molecule has 124 valence electrons. The average molecular weight is 318 g/mol. The maximum absolute atomic E-state index is 11.9. The monoisotopic (exact) mass is 318 g/mol. The molecule has 2 rings (SSSR count). The summed E-state index contributed by atoms with van der Waals surface area (Å²) in [7, 11) is 0. The van der Waals surface area contributed by atoms with Gasteiger partial charge in [0, 0.05) is 25.6 Å². The molecule has 1 aliphatic heterocycles. The highest BCUT2D eigenvalue weighted by Gasteiger charge is 2.20. The maximum Gasteiger partial charge on any atom is 0.338 e. The number of ether oxygens (including phenoxy) is 1. The molecule has 0 saturated carbocycles. The predicted molar refractivity (Wildman–Crippen MR) is 84.7 cm³/mol. The number of esters is 1. The van der Waals surface area contributed by atoms with Crippen LogP contribution in [0, 0.1) is 0 Å². The van der Waals surface area contributed by atoms with Crippen molar-refractivity contribution in [1.82, 2.24) is 10.2 Å². The quantitative estimate of drug-likeness (QED) is 0.806. The molecule has 1 fully saturated rings. The van der Waals surface area contributed by atoms with E-state index in [2.05, 4.69) is 5.32 Å². The van der Waals surface area contributed by atoms with E-state index in [4.69, 9.17) is 4.74 Å². The number of carbonyl (C=O) groups is 3. The van der Waals surface area contributed by atoms with Crippen LogP contribution in [0.5, 0.6) is 0 Å². The summed E-state index contributed by atoms with van der Waals surface area (Å²) in [5.74, 6) is -0.685. The second-order valence-electron chi connectivity index (χ2n) is 5.91. The van der Waals surface area contributed by atoms with Gasteiger partial charge in [0.25, 0.3) is 5.91 Å². The topological polar surface area (TPSA) is 75.7 Å². The molecular formula is C17H22N2O4. The molecule has 0 aromatic heterocycles. The van der Waals surface area contributed by atoms with Gasteiger partial charge >= 0.3 is 5.97 Å². The van der Waals surface area contributed by atoms with Crippen molar-refractivity contribution in [2.75, 3.05) is 13.2 Å². The molecule has 1 N–H and O–H groups in total. The Morgan fingerprint density at radius 3 is 2.52 bits per heavy atom. The van der Waals surface area contributed by atoms with E-state index in [-0.39, 0.29) is 24.5 Å². The van der Waals surface area contributed by atoms with Gasteiger partial charge in [0.2, 0.25) is 5.91 Å². The SMILES string of the molecule is CC(C)NC(=O)COC(=O)c1ccc(CN2CCCC2=O)cc1. The molecule has 1 aromatic carbocycles. The summed E-state index contributed by atoms with van der Waals surface area (Å²) >= 11 is 0. The minimum absolute atomic E-state index is 0.00813. The lowest BCUT2D eigenvalue weighted by atomic mass is 10.1. The van der Waals surface area contributed by atoms with E-state index in [1.807, 2.05) is 18.7 Å². The predicted octanol–water partition coefficient (Wildman–Crippen LogP) is 1.49. The van der Waals surface area contributed by atoms with E-state index in [0.717, 1.165) is 18.5 Å². The fraction of sp³-hybridized carbons (Fsp3) is 0.471. The minimum atomic E-state index is -0.535. The highest BCUT2D eigenvalue weighted by molar-refractivity contribution is 5.91. The molecule has 0 spiro atoms. The number of carbonyl (C=O) groups excluding carboxylic acids is 3. The molecular weight excluding hydrogens is 296 g/mol. The second kappa shape index (κ2) is 7.76. The summed E-state index contributed by atoms with van der Waals surface area (Å²) < 4.78 is 4.97. The Bertz CT molecular complexity index is 581. The fourth-order valence-corrected chi connectivity index (χ4v) is 2.42. The smallest absolute Gasteiger partial charge is 0.338 e. The zero-order chi connectivity index (χ0) is 16.8. The Morgan fingerprint density at radius 1 is 1.26 bits per heavy atom. The lowest BCUT2D eigenvalue weighted by Crippen LogP contribution is -2.33. The first-order chi connectivity index (χ1) is 11.0. The van der Waals surface area contributed by atoms with Crippen LogP contribution in [0.15, 0.2) is 24.3 Å². The first-order valence-electron chi connectivity index (χ1n) is 7.79. The van der Waals surface area contributed by atoms with Gasteiger partial charge in [-0.3, -0.25) is 9.59 Å². The Labute approximate surface area is 135 Å². The molecule has 1 heterocycles. The molecule has 0 bridgehead atoms. The lowest BCUT2D eigenvalue weighted by Gasteiger charge is -2.15. The Hall–Kier alpha value is -2.37. The van der Waals surface area contributed by atoms with Crippen molar-refractivity contribution in [1.29, 1.82) is 0 Å². The molecule has 1 saturated heterocycles. The maximum atomic E-state index is 11.9. The van der Waals surface area contributed by atoms with Crippen molar-refractivity contribution in [3.8, 4) is 0 Å². The van der Waals surface area contributed by atoms with Crippen LogP contribution in [0.25, 0.3) is 0 Å². The summed E-state index contributed by atoms with van der Waals surface area (Å²) in [6, 6.07) is 6.91. The van der Waals surface area contributed by atoms with Gasteiger partial charge in [-0.15, -0.1) is 0 Å². The van der Waals surface area contributed by atoms with Gasteiger partial charge in [-0.05, 0) is 38.0 Å². The second-order valence-corrected chi connectivity index (χ2v) is 5.91. The van der Waals surface area contributed by atoms with E-state index >= 15 is 0 Å². The number of hydrogen-bond donors (Lipinski definition) is 1. The van der Waals surface area contributed by atoms with Crippen LogP contribution in [-0.2, 0) is 20.9 Å². The van der Waals surface area contributed by atoms with Gasteiger partial charge in [0.05, 0.1) is 5.56 Å². The standard InChI is InChI=1S/C17H22N2O4/c1-12(2)18-15(20)11-23-17(22)14-7-5-13(6-8-14)10-19-9-3-4-16(19)21/h5-8,12H,3-4,9-11H2,1-2H3,(H,18,20). The normalized spacial score (nSPS) is 14.2. The highest BCUT2D eigenvalue weighted by Crippen LogP contribution is 2.15. The summed E-state index contributed by atoms with van der Waals surface area (Å²) in [6.45, 7) is 4.73. The van der Waals surface area contributed by atoms with Crippen molar-refractivity contribution in [2.45, 2.75) is 39.3 Å². The molecule has 6 nitrogen and oxygen atoms in total. The van der Waals surface area contributed by atoms with Crippen molar-refractivity contribution in [3.63, 3.8) is 0 Å². The lowest BCUT2D eigenvalue weighted by molar-refractivity contribution is -0.128. The van der Waals surface area contributed by atoms with Gasteiger partial charge in [-0.25, -0.2) is 4.79 Å². The molecule has 0 atom stereocenters. The van der Waals surface area contributed by atoms with Gasteiger partial charge in [0.15, 0.2) is 6.61 Å². The molecule has 6 heteroatoms. The van der Waals surface area contributed by atoms with Crippen LogP contribution < -0.4 is 5.32 Å². The van der Waals surface area contributed by atoms with Crippen LogP contribution in [0.4, 0.5) is 0 Å². The molecule has 0 radical (unpaired) electrons. The van der Waals surface area contributed by atoms with Crippen LogP contribution in [0.1, 0.15) is 42.6 Å². The van der Waals surface area contributed by atoms with Crippen molar-refractivity contribution in [2.24, 2.45) is 0 Å². The molecule has 1 aliphatic rings. The number of benzene rings is 1. The van der Waals surface area contributed by atoms with E-state index in [1.54, 1.807) is 24.3 Å². The number of amides is 2. The number of rotatable bonds is 6. The number of nitrogens with one attached hydrogen (secondary N) is 1. The minimum Gasteiger partial charge on any atom is -0.452 e.